The van der Waals surface area contributed by atoms with Crippen molar-refractivity contribution in [1.82, 2.24) is 4.98 Å². The van der Waals surface area contributed by atoms with E-state index in [1.807, 2.05) is 0 Å². The van der Waals surface area contributed by atoms with Gasteiger partial charge in [-0.1, -0.05) is 29.3 Å². The van der Waals surface area contributed by atoms with E-state index >= 15 is 0 Å². The van der Waals surface area contributed by atoms with E-state index in [-0.39, 0.29) is 18.3 Å². The lowest BCUT2D eigenvalue weighted by atomic mass is 10.2. The SMILES string of the molecule is Cl.O=C(Nc1cccc(Cl)c1Cl)c1cccnc1. The highest BCUT2D eigenvalue weighted by Crippen LogP contribution is 2.29. The van der Waals surface area contributed by atoms with Gasteiger partial charge in [0.05, 0.1) is 21.3 Å². The molecule has 0 fully saturated rings. The summed E-state index contributed by atoms with van der Waals surface area (Å²) in [6.45, 7) is 0. The van der Waals surface area contributed by atoms with E-state index in [1.54, 1.807) is 36.5 Å². The zero-order valence-electron chi connectivity index (χ0n) is 9.06. The lowest BCUT2D eigenvalue weighted by molar-refractivity contribution is 0.102. The molecule has 6 heteroatoms. The Morgan fingerprint density at radius 1 is 1.17 bits per heavy atom. The van der Waals surface area contributed by atoms with Crippen molar-refractivity contribution in [2.75, 3.05) is 5.32 Å². The number of aromatic nitrogens is 1. The van der Waals surface area contributed by atoms with Gasteiger partial charge in [0.2, 0.25) is 0 Å². The molecule has 0 bridgehead atoms. The quantitative estimate of drug-likeness (QED) is 0.909. The molecule has 1 N–H and O–H groups in total. The van der Waals surface area contributed by atoms with Gasteiger partial charge in [-0.05, 0) is 24.3 Å². The summed E-state index contributed by atoms with van der Waals surface area (Å²) < 4.78 is 0. The number of amides is 1. The second-order valence-electron chi connectivity index (χ2n) is 3.30. The van der Waals surface area contributed by atoms with Crippen LogP contribution in [0.2, 0.25) is 10.0 Å². The number of hydrogen-bond acceptors (Lipinski definition) is 2. The first-order valence-electron chi connectivity index (χ1n) is 4.84. The van der Waals surface area contributed by atoms with Crippen LogP contribution >= 0.6 is 35.6 Å². The maximum absolute atomic E-state index is 11.8. The molecule has 0 atom stereocenters. The lowest BCUT2D eigenvalue weighted by Gasteiger charge is -2.07. The minimum absolute atomic E-state index is 0. The summed E-state index contributed by atoms with van der Waals surface area (Å²) in [4.78, 5) is 15.7. The van der Waals surface area contributed by atoms with Crippen LogP contribution in [-0.4, -0.2) is 10.9 Å². The third-order valence-electron chi connectivity index (χ3n) is 2.12. The molecule has 2 rings (SSSR count). The van der Waals surface area contributed by atoms with E-state index in [4.69, 9.17) is 23.2 Å². The van der Waals surface area contributed by atoms with Crippen LogP contribution in [0.4, 0.5) is 5.69 Å². The molecule has 3 nitrogen and oxygen atoms in total. The Bertz CT molecular complexity index is 546. The van der Waals surface area contributed by atoms with Gasteiger partial charge in [0.15, 0.2) is 0 Å². The number of carbonyl (C=O) groups is 1. The topological polar surface area (TPSA) is 42.0 Å². The van der Waals surface area contributed by atoms with E-state index in [0.29, 0.717) is 21.3 Å². The lowest BCUT2D eigenvalue weighted by Crippen LogP contribution is -2.12. The van der Waals surface area contributed by atoms with Gasteiger partial charge in [0.1, 0.15) is 0 Å². The minimum atomic E-state index is -0.276. The Kier molecular flexibility index (Phi) is 5.41. The standard InChI is InChI=1S/C12H8Cl2N2O.ClH/c13-9-4-1-5-10(11(9)14)16-12(17)8-3-2-6-15-7-8;/h1-7H,(H,16,17);1H. The van der Waals surface area contributed by atoms with Crippen molar-refractivity contribution in [3.8, 4) is 0 Å². The maximum Gasteiger partial charge on any atom is 0.257 e. The number of rotatable bonds is 2. The van der Waals surface area contributed by atoms with E-state index in [1.165, 1.54) is 6.20 Å². The minimum Gasteiger partial charge on any atom is -0.321 e. The van der Waals surface area contributed by atoms with Crippen LogP contribution in [0, 0.1) is 0 Å². The highest BCUT2D eigenvalue weighted by Gasteiger charge is 2.09. The highest BCUT2D eigenvalue weighted by molar-refractivity contribution is 6.44. The molecule has 1 aromatic heterocycles. The van der Waals surface area contributed by atoms with Gasteiger partial charge in [-0.15, -0.1) is 12.4 Å². The predicted molar refractivity (Wildman–Crippen MR) is 75.9 cm³/mol. The molecule has 1 aromatic carbocycles. The molecule has 0 unspecified atom stereocenters. The molecule has 0 aliphatic heterocycles. The fourth-order valence-electron chi connectivity index (χ4n) is 1.29. The van der Waals surface area contributed by atoms with Crippen molar-refractivity contribution in [3.05, 3.63) is 58.3 Å². The molecule has 1 heterocycles. The molecular formula is C12H9Cl3N2O. The summed E-state index contributed by atoms with van der Waals surface area (Å²) in [7, 11) is 0. The molecule has 2 aromatic rings. The Morgan fingerprint density at radius 3 is 2.61 bits per heavy atom. The van der Waals surface area contributed by atoms with Crippen molar-refractivity contribution in [3.63, 3.8) is 0 Å². The summed E-state index contributed by atoms with van der Waals surface area (Å²) in [5, 5.41) is 3.40. The van der Waals surface area contributed by atoms with Crippen LogP contribution in [0.3, 0.4) is 0 Å². The second-order valence-corrected chi connectivity index (χ2v) is 4.08. The monoisotopic (exact) mass is 302 g/mol. The van der Waals surface area contributed by atoms with Crippen LogP contribution in [0.15, 0.2) is 42.7 Å². The van der Waals surface area contributed by atoms with Crippen LogP contribution in [-0.2, 0) is 0 Å². The maximum atomic E-state index is 11.8. The molecule has 0 saturated carbocycles. The molecule has 0 saturated heterocycles. The number of benzene rings is 1. The van der Waals surface area contributed by atoms with Crippen LogP contribution in [0.5, 0.6) is 0 Å². The van der Waals surface area contributed by atoms with Gasteiger partial charge >= 0.3 is 0 Å². The van der Waals surface area contributed by atoms with E-state index in [9.17, 15) is 4.79 Å². The van der Waals surface area contributed by atoms with Crippen molar-refractivity contribution < 1.29 is 4.79 Å². The first-order valence-corrected chi connectivity index (χ1v) is 5.59. The van der Waals surface area contributed by atoms with Gasteiger partial charge < -0.3 is 5.32 Å². The normalized spacial score (nSPS) is 9.44. The predicted octanol–water partition coefficient (Wildman–Crippen LogP) is 4.06. The van der Waals surface area contributed by atoms with Gasteiger partial charge in [0, 0.05) is 12.4 Å². The van der Waals surface area contributed by atoms with E-state index in [0.717, 1.165) is 0 Å². The summed E-state index contributed by atoms with van der Waals surface area (Å²) in [6.07, 6.45) is 3.08. The van der Waals surface area contributed by atoms with Gasteiger partial charge in [0.25, 0.3) is 5.91 Å². The smallest absolute Gasteiger partial charge is 0.257 e. The summed E-state index contributed by atoms with van der Waals surface area (Å²) in [5.41, 5.74) is 0.941. The fraction of sp³-hybridized carbons (Fsp3) is 0. The zero-order chi connectivity index (χ0) is 12.3. The number of halogens is 3. The van der Waals surface area contributed by atoms with Crippen LogP contribution < -0.4 is 5.32 Å². The third-order valence-corrected chi connectivity index (χ3v) is 2.94. The Balaban J connectivity index is 0.00000162. The Labute approximate surface area is 121 Å². The van der Waals surface area contributed by atoms with Gasteiger partial charge in [-0.25, -0.2) is 0 Å². The van der Waals surface area contributed by atoms with Crippen LogP contribution in [0.25, 0.3) is 0 Å². The van der Waals surface area contributed by atoms with Crippen molar-refractivity contribution in [1.29, 1.82) is 0 Å². The summed E-state index contributed by atoms with van der Waals surface area (Å²) in [5.74, 6) is -0.276. The van der Waals surface area contributed by atoms with Crippen molar-refractivity contribution >= 4 is 47.2 Å². The first-order chi connectivity index (χ1) is 8.18. The van der Waals surface area contributed by atoms with Gasteiger partial charge in [-0.2, -0.15) is 0 Å². The van der Waals surface area contributed by atoms with Gasteiger partial charge in [-0.3, -0.25) is 9.78 Å². The zero-order valence-corrected chi connectivity index (χ0v) is 11.4. The Morgan fingerprint density at radius 2 is 1.94 bits per heavy atom. The molecule has 18 heavy (non-hydrogen) atoms. The molecule has 1 amide bonds. The summed E-state index contributed by atoms with van der Waals surface area (Å²) in [6, 6.07) is 8.41. The molecule has 0 aliphatic carbocycles. The van der Waals surface area contributed by atoms with Crippen molar-refractivity contribution in [2.45, 2.75) is 0 Å². The molecule has 0 spiro atoms. The fourth-order valence-corrected chi connectivity index (χ4v) is 1.64. The highest BCUT2D eigenvalue weighted by atomic mass is 35.5. The van der Waals surface area contributed by atoms with E-state index in [2.05, 4.69) is 10.3 Å². The average molecular weight is 304 g/mol. The summed E-state index contributed by atoms with van der Waals surface area (Å²) >= 11 is 11.8. The first kappa shape index (κ1) is 14.8. The van der Waals surface area contributed by atoms with Crippen molar-refractivity contribution in [2.24, 2.45) is 0 Å². The number of anilines is 1. The number of hydrogen-bond donors (Lipinski definition) is 1. The largest absolute Gasteiger partial charge is 0.321 e. The number of nitrogens with zero attached hydrogens (tertiary/aromatic N) is 1. The molecule has 0 aliphatic rings. The molecule has 94 valence electrons. The molecular weight excluding hydrogens is 295 g/mol. The molecule has 0 radical (unpaired) electrons. The number of carbonyl (C=O) groups excluding carboxylic acids is 1. The number of pyridine rings is 1. The average Bonchev–Trinajstić information content (AvgIpc) is 2.36. The van der Waals surface area contributed by atoms with E-state index < -0.39 is 0 Å². The van der Waals surface area contributed by atoms with Crippen LogP contribution in [0.1, 0.15) is 10.4 Å². The third kappa shape index (κ3) is 3.35. The Hall–Kier alpha value is -1.29. The number of nitrogens with one attached hydrogen (secondary N) is 1. The second kappa shape index (κ2) is 6.59.